The number of nitrogens with one attached hydrogen (secondary N) is 1. The van der Waals surface area contributed by atoms with Crippen molar-refractivity contribution in [3.05, 3.63) is 40.8 Å². The Morgan fingerprint density at radius 1 is 1.18 bits per heavy atom. The summed E-state index contributed by atoms with van der Waals surface area (Å²) < 4.78 is 37.7. The minimum absolute atomic E-state index is 0.258. The first-order valence-corrected chi connectivity index (χ1v) is 11.4. The van der Waals surface area contributed by atoms with Gasteiger partial charge in [-0.25, -0.2) is 8.42 Å². The molecule has 7 nitrogen and oxygen atoms in total. The Labute approximate surface area is 169 Å². The van der Waals surface area contributed by atoms with Crippen molar-refractivity contribution in [3.8, 4) is 11.5 Å². The van der Waals surface area contributed by atoms with E-state index in [0.717, 1.165) is 17.7 Å². The largest absolute Gasteiger partial charge is 0.493 e. The summed E-state index contributed by atoms with van der Waals surface area (Å²) in [5.74, 6) is 0.805. The van der Waals surface area contributed by atoms with Crippen molar-refractivity contribution < 1.29 is 22.7 Å². The van der Waals surface area contributed by atoms with Crippen LogP contribution in [0.1, 0.15) is 35.0 Å². The van der Waals surface area contributed by atoms with E-state index in [1.54, 1.807) is 30.3 Å². The number of hydrogen-bond acceptors (Lipinski definition) is 6. The summed E-state index contributed by atoms with van der Waals surface area (Å²) >= 11 is 1.19. The molecule has 1 aliphatic heterocycles. The highest BCUT2D eigenvalue weighted by atomic mass is 32.2. The number of carbonyl (C=O) groups is 1. The summed E-state index contributed by atoms with van der Waals surface area (Å²) in [5, 5.41) is 2.82. The lowest BCUT2D eigenvalue weighted by molar-refractivity contribution is 0.0951. The van der Waals surface area contributed by atoms with Crippen molar-refractivity contribution in [3.63, 3.8) is 0 Å². The van der Waals surface area contributed by atoms with Crippen LogP contribution in [0.3, 0.4) is 0 Å². The highest BCUT2D eigenvalue weighted by Gasteiger charge is 2.28. The molecule has 1 aromatic carbocycles. The normalized spacial score (nSPS) is 14.8. The Morgan fingerprint density at radius 3 is 2.61 bits per heavy atom. The quantitative estimate of drug-likeness (QED) is 0.704. The van der Waals surface area contributed by atoms with Crippen LogP contribution in [0.15, 0.2) is 34.5 Å². The molecule has 0 aliphatic carbocycles. The van der Waals surface area contributed by atoms with Gasteiger partial charge >= 0.3 is 0 Å². The fourth-order valence-electron chi connectivity index (χ4n) is 3.00. The zero-order valence-corrected chi connectivity index (χ0v) is 17.6. The van der Waals surface area contributed by atoms with Crippen LogP contribution in [-0.4, -0.2) is 45.4 Å². The average Bonchev–Trinajstić information content (AvgIpc) is 3.39. The standard InChI is InChI=1S/C19H24N2O5S2/c1-3-26-16-8-6-14(12-17(16)25-2)19(22)20-13-15-7-9-18(27-15)28(23,24)21-10-4-5-11-21/h6-9,12H,3-5,10-11,13H2,1-2H3,(H,20,22). The minimum atomic E-state index is -3.42. The monoisotopic (exact) mass is 424 g/mol. The lowest BCUT2D eigenvalue weighted by Crippen LogP contribution is -2.27. The molecule has 2 heterocycles. The van der Waals surface area contributed by atoms with Gasteiger partial charge in [0, 0.05) is 23.5 Å². The van der Waals surface area contributed by atoms with Crippen molar-refractivity contribution in [2.45, 2.75) is 30.5 Å². The molecule has 0 bridgehead atoms. The van der Waals surface area contributed by atoms with Crippen LogP contribution >= 0.6 is 11.3 Å². The summed E-state index contributed by atoms with van der Waals surface area (Å²) in [6, 6.07) is 8.34. The first kappa shape index (κ1) is 20.6. The Kier molecular flexibility index (Phi) is 6.58. The zero-order chi connectivity index (χ0) is 20.1. The van der Waals surface area contributed by atoms with Gasteiger partial charge in [0.1, 0.15) is 4.21 Å². The molecule has 0 radical (unpaired) electrons. The average molecular weight is 425 g/mol. The van der Waals surface area contributed by atoms with Crippen LogP contribution in [0.4, 0.5) is 0 Å². The van der Waals surface area contributed by atoms with E-state index in [-0.39, 0.29) is 12.5 Å². The van der Waals surface area contributed by atoms with Crippen molar-refractivity contribution in [2.75, 3.05) is 26.8 Å². The number of ether oxygens (including phenoxy) is 2. The number of benzene rings is 1. The molecule has 0 unspecified atom stereocenters. The summed E-state index contributed by atoms with van der Waals surface area (Å²) in [6.45, 7) is 3.79. The highest BCUT2D eigenvalue weighted by Crippen LogP contribution is 2.29. The fourth-order valence-corrected chi connectivity index (χ4v) is 5.97. The van der Waals surface area contributed by atoms with E-state index in [1.165, 1.54) is 22.8 Å². The second-order valence-corrected chi connectivity index (χ2v) is 9.65. The summed E-state index contributed by atoms with van der Waals surface area (Å²) in [7, 11) is -1.90. The van der Waals surface area contributed by atoms with Gasteiger partial charge in [-0.3, -0.25) is 4.79 Å². The molecule has 28 heavy (non-hydrogen) atoms. The summed E-state index contributed by atoms with van der Waals surface area (Å²) in [6.07, 6.45) is 1.80. The first-order chi connectivity index (χ1) is 13.5. The molecule has 1 N–H and O–H groups in total. The zero-order valence-electron chi connectivity index (χ0n) is 15.9. The fraction of sp³-hybridized carbons (Fsp3) is 0.421. The maximum atomic E-state index is 12.6. The van der Waals surface area contributed by atoms with E-state index in [2.05, 4.69) is 5.32 Å². The predicted octanol–water partition coefficient (Wildman–Crippen LogP) is 2.87. The van der Waals surface area contributed by atoms with Gasteiger partial charge in [0.15, 0.2) is 11.5 Å². The number of sulfonamides is 1. The number of amides is 1. The third kappa shape index (κ3) is 4.48. The van der Waals surface area contributed by atoms with Crippen LogP contribution in [0, 0.1) is 0 Å². The van der Waals surface area contributed by atoms with E-state index in [9.17, 15) is 13.2 Å². The molecule has 1 amide bonds. The molecule has 9 heteroatoms. The van der Waals surface area contributed by atoms with E-state index < -0.39 is 10.0 Å². The smallest absolute Gasteiger partial charge is 0.252 e. The van der Waals surface area contributed by atoms with Gasteiger partial charge in [-0.05, 0) is 50.1 Å². The molecule has 3 rings (SSSR count). The van der Waals surface area contributed by atoms with E-state index >= 15 is 0 Å². The van der Waals surface area contributed by atoms with Gasteiger partial charge in [0.25, 0.3) is 15.9 Å². The van der Waals surface area contributed by atoms with Crippen molar-refractivity contribution in [1.82, 2.24) is 9.62 Å². The van der Waals surface area contributed by atoms with Crippen LogP contribution in [-0.2, 0) is 16.6 Å². The number of carbonyl (C=O) groups excluding carboxylic acids is 1. The van der Waals surface area contributed by atoms with Gasteiger partial charge < -0.3 is 14.8 Å². The Balaban J connectivity index is 1.64. The van der Waals surface area contributed by atoms with E-state index in [4.69, 9.17) is 9.47 Å². The molecule has 1 fully saturated rings. The molecule has 0 saturated carbocycles. The Morgan fingerprint density at radius 2 is 1.93 bits per heavy atom. The van der Waals surface area contributed by atoms with Crippen molar-refractivity contribution >= 4 is 27.3 Å². The lowest BCUT2D eigenvalue weighted by atomic mass is 10.2. The van der Waals surface area contributed by atoms with E-state index in [1.807, 2.05) is 6.92 Å². The third-order valence-electron chi connectivity index (χ3n) is 4.45. The van der Waals surface area contributed by atoms with Gasteiger partial charge in [0.05, 0.1) is 20.3 Å². The minimum Gasteiger partial charge on any atom is -0.493 e. The van der Waals surface area contributed by atoms with Gasteiger partial charge in [-0.15, -0.1) is 11.3 Å². The molecular weight excluding hydrogens is 400 g/mol. The van der Waals surface area contributed by atoms with Gasteiger partial charge in [-0.1, -0.05) is 0 Å². The maximum absolute atomic E-state index is 12.6. The molecule has 152 valence electrons. The molecular formula is C19H24N2O5S2. The topological polar surface area (TPSA) is 84.9 Å². The molecule has 1 aromatic heterocycles. The number of rotatable bonds is 8. The molecule has 1 saturated heterocycles. The van der Waals surface area contributed by atoms with Crippen molar-refractivity contribution in [2.24, 2.45) is 0 Å². The number of thiophene rings is 1. The van der Waals surface area contributed by atoms with Gasteiger partial charge in [0.2, 0.25) is 0 Å². The van der Waals surface area contributed by atoms with Gasteiger partial charge in [-0.2, -0.15) is 4.31 Å². The van der Waals surface area contributed by atoms with Crippen molar-refractivity contribution in [1.29, 1.82) is 0 Å². The summed E-state index contributed by atoms with van der Waals surface area (Å²) in [4.78, 5) is 13.2. The molecule has 1 aliphatic rings. The van der Waals surface area contributed by atoms with Crippen LogP contribution < -0.4 is 14.8 Å². The van der Waals surface area contributed by atoms with E-state index in [0.29, 0.717) is 41.0 Å². The summed E-state index contributed by atoms with van der Waals surface area (Å²) in [5.41, 5.74) is 0.446. The molecule has 2 aromatic rings. The number of nitrogens with zero attached hydrogens (tertiary/aromatic N) is 1. The first-order valence-electron chi connectivity index (χ1n) is 9.13. The maximum Gasteiger partial charge on any atom is 0.252 e. The Bertz CT molecular complexity index is 934. The van der Waals surface area contributed by atoms with Crippen LogP contribution in [0.5, 0.6) is 11.5 Å². The molecule has 0 atom stereocenters. The second-order valence-electron chi connectivity index (χ2n) is 6.31. The Hall–Kier alpha value is -2.10. The van der Waals surface area contributed by atoms with Crippen LogP contribution in [0.2, 0.25) is 0 Å². The highest BCUT2D eigenvalue weighted by molar-refractivity contribution is 7.91. The molecule has 0 spiro atoms. The predicted molar refractivity (Wildman–Crippen MR) is 108 cm³/mol. The number of hydrogen-bond donors (Lipinski definition) is 1. The van der Waals surface area contributed by atoms with Crippen LogP contribution in [0.25, 0.3) is 0 Å². The SMILES string of the molecule is CCOc1ccc(C(=O)NCc2ccc(S(=O)(=O)N3CCCC3)s2)cc1OC. The lowest BCUT2D eigenvalue weighted by Gasteiger charge is -2.13. The third-order valence-corrected chi connectivity index (χ3v) is 7.90. The number of methoxy groups -OCH3 is 1. The second kappa shape index (κ2) is 8.93.